The van der Waals surface area contributed by atoms with Gasteiger partial charge in [-0.25, -0.2) is 0 Å². The molecule has 26 heavy (non-hydrogen) atoms. The number of carbonyl (C=O) groups is 2. The van der Waals surface area contributed by atoms with E-state index in [0.717, 1.165) is 5.56 Å². The summed E-state index contributed by atoms with van der Waals surface area (Å²) in [5.74, 6) is -0.733. The van der Waals surface area contributed by atoms with Gasteiger partial charge in [0.25, 0.3) is 11.6 Å². The first kappa shape index (κ1) is 19.1. The van der Waals surface area contributed by atoms with Crippen LogP contribution in [0.4, 0.5) is 5.69 Å². The third kappa shape index (κ3) is 4.89. The Balaban J connectivity index is 1.98. The molecule has 1 N–H and O–H groups in total. The van der Waals surface area contributed by atoms with Crippen LogP contribution in [0.2, 0.25) is 0 Å². The molecule has 2 aromatic carbocycles. The standard InChI is InChI=1S/C19H21N3O4/c1-3-21(13-15-7-5-4-6-8-15)18(23)12-20-19(24)16-10-9-14(2)17(11-16)22(25)26/h4-11H,3,12-13H2,1-2H3,(H,20,24). The fraction of sp³-hybridized carbons (Fsp3) is 0.263. The molecule has 2 amide bonds. The van der Waals surface area contributed by atoms with Crippen LogP contribution in [0.1, 0.15) is 28.4 Å². The van der Waals surface area contributed by atoms with Crippen LogP contribution in [0, 0.1) is 17.0 Å². The Morgan fingerprint density at radius 2 is 1.85 bits per heavy atom. The summed E-state index contributed by atoms with van der Waals surface area (Å²) in [5.41, 5.74) is 1.51. The van der Waals surface area contributed by atoms with Crippen LogP contribution in [0.3, 0.4) is 0 Å². The van der Waals surface area contributed by atoms with Crippen molar-refractivity contribution >= 4 is 17.5 Å². The van der Waals surface area contributed by atoms with Crippen LogP contribution >= 0.6 is 0 Å². The third-order valence-corrected chi connectivity index (χ3v) is 4.02. The van der Waals surface area contributed by atoms with E-state index in [2.05, 4.69) is 5.32 Å². The van der Waals surface area contributed by atoms with Crippen LogP contribution in [0.5, 0.6) is 0 Å². The van der Waals surface area contributed by atoms with Crippen LogP contribution in [0.15, 0.2) is 48.5 Å². The summed E-state index contributed by atoms with van der Waals surface area (Å²) in [6.45, 7) is 4.28. The van der Waals surface area contributed by atoms with Crippen molar-refractivity contribution in [2.45, 2.75) is 20.4 Å². The van der Waals surface area contributed by atoms with E-state index in [4.69, 9.17) is 0 Å². The number of nitrogens with zero attached hydrogens (tertiary/aromatic N) is 2. The number of aryl methyl sites for hydroxylation is 1. The zero-order valence-electron chi connectivity index (χ0n) is 14.8. The number of nitro benzene ring substituents is 1. The van der Waals surface area contributed by atoms with Crippen molar-refractivity contribution in [1.29, 1.82) is 0 Å². The van der Waals surface area contributed by atoms with E-state index in [0.29, 0.717) is 18.7 Å². The summed E-state index contributed by atoms with van der Waals surface area (Å²) in [6, 6.07) is 13.8. The molecule has 7 heteroatoms. The maximum atomic E-state index is 12.3. The van der Waals surface area contributed by atoms with E-state index >= 15 is 0 Å². The molecule has 0 saturated heterocycles. The van der Waals surface area contributed by atoms with Gasteiger partial charge >= 0.3 is 0 Å². The highest BCUT2D eigenvalue weighted by Crippen LogP contribution is 2.19. The molecule has 0 heterocycles. The first-order valence-corrected chi connectivity index (χ1v) is 8.27. The van der Waals surface area contributed by atoms with E-state index < -0.39 is 10.8 Å². The molecule has 0 radical (unpaired) electrons. The van der Waals surface area contributed by atoms with Crippen LogP contribution in [0.25, 0.3) is 0 Å². The summed E-state index contributed by atoms with van der Waals surface area (Å²) in [6.07, 6.45) is 0. The number of carbonyl (C=O) groups excluding carboxylic acids is 2. The third-order valence-electron chi connectivity index (χ3n) is 4.02. The molecule has 0 aliphatic rings. The molecular weight excluding hydrogens is 334 g/mol. The summed E-state index contributed by atoms with van der Waals surface area (Å²) < 4.78 is 0. The van der Waals surface area contributed by atoms with Crippen molar-refractivity contribution in [2.24, 2.45) is 0 Å². The highest BCUT2D eigenvalue weighted by molar-refractivity contribution is 5.97. The fourth-order valence-electron chi connectivity index (χ4n) is 2.50. The Labute approximate surface area is 151 Å². The number of amides is 2. The van der Waals surface area contributed by atoms with Gasteiger partial charge in [0.2, 0.25) is 5.91 Å². The van der Waals surface area contributed by atoms with Crippen molar-refractivity contribution in [3.63, 3.8) is 0 Å². The molecule has 0 unspecified atom stereocenters. The Bertz CT molecular complexity index is 806. The van der Waals surface area contributed by atoms with Gasteiger partial charge in [0.15, 0.2) is 0 Å². The highest BCUT2D eigenvalue weighted by atomic mass is 16.6. The second kappa shape index (κ2) is 8.75. The van der Waals surface area contributed by atoms with E-state index in [1.54, 1.807) is 11.8 Å². The van der Waals surface area contributed by atoms with Crippen LogP contribution in [-0.4, -0.2) is 34.7 Å². The maximum absolute atomic E-state index is 12.3. The van der Waals surface area contributed by atoms with E-state index in [9.17, 15) is 19.7 Å². The van der Waals surface area contributed by atoms with E-state index in [1.807, 2.05) is 37.3 Å². The number of hydrogen-bond donors (Lipinski definition) is 1. The molecule has 0 spiro atoms. The molecule has 0 aromatic heterocycles. The highest BCUT2D eigenvalue weighted by Gasteiger charge is 2.17. The van der Waals surface area contributed by atoms with Gasteiger partial charge in [-0.15, -0.1) is 0 Å². The van der Waals surface area contributed by atoms with Crippen molar-refractivity contribution in [1.82, 2.24) is 10.2 Å². The van der Waals surface area contributed by atoms with E-state index in [-0.39, 0.29) is 23.7 Å². The average molecular weight is 355 g/mol. The molecular formula is C19H21N3O4. The van der Waals surface area contributed by atoms with Gasteiger partial charge in [0, 0.05) is 30.3 Å². The molecule has 0 fully saturated rings. The number of likely N-dealkylation sites (N-methyl/N-ethyl adjacent to an activating group) is 1. The summed E-state index contributed by atoms with van der Waals surface area (Å²) in [4.78, 5) is 36.6. The lowest BCUT2D eigenvalue weighted by Gasteiger charge is -2.21. The lowest BCUT2D eigenvalue weighted by molar-refractivity contribution is -0.385. The molecule has 0 aliphatic carbocycles. The molecule has 0 atom stereocenters. The largest absolute Gasteiger partial charge is 0.343 e. The number of rotatable bonds is 7. The number of nitrogens with one attached hydrogen (secondary N) is 1. The molecule has 0 aliphatic heterocycles. The number of hydrogen-bond acceptors (Lipinski definition) is 4. The van der Waals surface area contributed by atoms with Crippen molar-refractivity contribution < 1.29 is 14.5 Å². The van der Waals surface area contributed by atoms with Gasteiger partial charge in [0.05, 0.1) is 11.5 Å². The zero-order chi connectivity index (χ0) is 19.1. The summed E-state index contributed by atoms with van der Waals surface area (Å²) in [5, 5.41) is 13.5. The van der Waals surface area contributed by atoms with Crippen LogP contribution < -0.4 is 5.32 Å². The summed E-state index contributed by atoms with van der Waals surface area (Å²) >= 11 is 0. The second-order valence-corrected chi connectivity index (χ2v) is 5.83. The Hall–Kier alpha value is -3.22. The molecule has 0 saturated carbocycles. The van der Waals surface area contributed by atoms with Gasteiger partial charge in [-0.1, -0.05) is 36.4 Å². The Morgan fingerprint density at radius 3 is 2.46 bits per heavy atom. The smallest absolute Gasteiger partial charge is 0.273 e. The normalized spacial score (nSPS) is 10.2. The molecule has 2 rings (SSSR count). The minimum absolute atomic E-state index is 0.122. The predicted octanol–water partition coefficient (Wildman–Crippen LogP) is 2.68. The topological polar surface area (TPSA) is 92.6 Å². The van der Waals surface area contributed by atoms with Gasteiger partial charge in [0.1, 0.15) is 0 Å². The molecule has 136 valence electrons. The minimum atomic E-state index is -0.532. The lowest BCUT2D eigenvalue weighted by Crippen LogP contribution is -2.39. The predicted molar refractivity (Wildman–Crippen MR) is 97.7 cm³/mol. The van der Waals surface area contributed by atoms with Crippen LogP contribution in [-0.2, 0) is 11.3 Å². The molecule has 0 bridgehead atoms. The second-order valence-electron chi connectivity index (χ2n) is 5.83. The van der Waals surface area contributed by atoms with Crippen molar-refractivity contribution in [3.05, 3.63) is 75.3 Å². The van der Waals surface area contributed by atoms with E-state index in [1.165, 1.54) is 18.2 Å². The number of nitro groups is 1. The van der Waals surface area contributed by atoms with Gasteiger partial charge < -0.3 is 10.2 Å². The Morgan fingerprint density at radius 1 is 1.15 bits per heavy atom. The lowest BCUT2D eigenvalue weighted by atomic mass is 10.1. The monoisotopic (exact) mass is 355 g/mol. The zero-order valence-corrected chi connectivity index (χ0v) is 14.8. The van der Waals surface area contributed by atoms with Gasteiger partial charge in [-0.3, -0.25) is 19.7 Å². The maximum Gasteiger partial charge on any atom is 0.273 e. The van der Waals surface area contributed by atoms with Gasteiger partial charge in [-0.2, -0.15) is 0 Å². The van der Waals surface area contributed by atoms with Crippen molar-refractivity contribution in [2.75, 3.05) is 13.1 Å². The molecule has 2 aromatic rings. The van der Waals surface area contributed by atoms with Gasteiger partial charge in [-0.05, 0) is 25.5 Å². The summed E-state index contributed by atoms with van der Waals surface area (Å²) in [7, 11) is 0. The average Bonchev–Trinajstić information content (AvgIpc) is 2.64. The Kier molecular flexibility index (Phi) is 6.43. The number of benzene rings is 2. The quantitative estimate of drug-likeness (QED) is 0.610. The molecule has 7 nitrogen and oxygen atoms in total. The fourth-order valence-corrected chi connectivity index (χ4v) is 2.50. The minimum Gasteiger partial charge on any atom is -0.343 e. The first-order chi connectivity index (χ1) is 12.4. The first-order valence-electron chi connectivity index (χ1n) is 8.27. The van der Waals surface area contributed by atoms with Crippen molar-refractivity contribution in [3.8, 4) is 0 Å². The SMILES string of the molecule is CCN(Cc1ccccc1)C(=O)CNC(=O)c1ccc(C)c([N+](=O)[O-])c1.